The molecule has 1 atom stereocenters. The Morgan fingerprint density at radius 3 is 2.63 bits per heavy atom. The average molecular weight is 287 g/mol. The minimum Gasteiger partial charge on any atom is -0.480 e. The molecule has 1 aromatic rings. The molecule has 19 heavy (non-hydrogen) atoms. The van der Waals surface area contributed by atoms with Crippen LogP contribution in [0.25, 0.3) is 0 Å². The van der Waals surface area contributed by atoms with Crippen LogP contribution in [-0.4, -0.2) is 29.7 Å². The Kier molecular flexibility index (Phi) is 5.95. The quantitative estimate of drug-likeness (QED) is 0.808. The molecule has 1 rings (SSSR count). The van der Waals surface area contributed by atoms with Crippen molar-refractivity contribution in [1.29, 1.82) is 0 Å². The fourth-order valence-electron chi connectivity index (χ4n) is 1.80. The number of thiophene rings is 1. The van der Waals surface area contributed by atoms with Gasteiger partial charge in [-0.2, -0.15) is 0 Å². The first-order valence-electron chi connectivity index (χ1n) is 6.08. The van der Waals surface area contributed by atoms with E-state index >= 15 is 0 Å². The summed E-state index contributed by atoms with van der Waals surface area (Å²) in [4.78, 5) is 24.5. The Labute approximate surface area is 115 Å². The number of hydrogen-bond acceptors (Lipinski definition) is 3. The lowest BCUT2D eigenvalue weighted by Crippen LogP contribution is -2.42. The van der Waals surface area contributed by atoms with Crippen molar-refractivity contribution >= 4 is 23.2 Å². The van der Waals surface area contributed by atoms with E-state index in [0.29, 0.717) is 6.42 Å². The van der Waals surface area contributed by atoms with E-state index in [1.165, 1.54) is 15.3 Å². The van der Waals surface area contributed by atoms with Crippen molar-refractivity contribution in [2.45, 2.75) is 39.2 Å². The van der Waals surface area contributed by atoms with E-state index in [9.17, 15) is 14.0 Å². The molecular weight excluding hydrogens is 269 g/mol. The Morgan fingerprint density at radius 1 is 1.47 bits per heavy atom. The average Bonchev–Trinajstić information content (AvgIpc) is 2.64. The molecule has 0 radical (unpaired) electrons. The number of aryl methyl sites for hydroxylation is 3. The third-order valence-electron chi connectivity index (χ3n) is 2.78. The Balaban J connectivity index is 2.35. The molecule has 1 amide bonds. The molecule has 0 aliphatic rings. The van der Waals surface area contributed by atoms with Crippen molar-refractivity contribution in [3.63, 3.8) is 0 Å². The van der Waals surface area contributed by atoms with Gasteiger partial charge in [-0.3, -0.25) is 4.79 Å². The zero-order valence-electron chi connectivity index (χ0n) is 11.0. The van der Waals surface area contributed by atoms with Gasteiger partial charge in [0.2, 0.25) is 5.91 Å². The van der Waals surface area contributed by atoms with Crippen LogP contribution in [0.5, 0.6) is 0 Å². The minimum absolute atomic E-state index is 0.206. The molecule has 0 saturated heterocycles. The predicted molar refractivity (Wildman–Crippen MR) is 72.3 cm³/mol. The predicted octanol–water partition coefficient (Wildman–Crippen LogP) is 2.23. The summed E-state index contributed by atoms with van der Waals surface area (Å²) in [5.74, 6) is -1.77. The molecular formula is C13H18FNO3S. The summed E-state index contributed by atoms with van der Waals surface area (Å²) in [6.45, 7) is 2.98. The summed E-state index contributed by atoms with van der Waals surface area (Å²) in [7, 11) is 0. The topological polar surface area (TPSA) is 66.4 Å². The van der Waals surface area contributed by atoms with E-state index in [2.05, 4.69) is 11.4 Å². The third-order valence-corrected chi connectivity index (χ3v) is 3.79. The van der Waals surface area contributed by atoms with Crippen molar-refractivity contribution in [1.82, 2.24) is 5.32 Å². The second-order valence-corrected chi connectivity index (χ2v) is 5.87. The normalized spacial score (nSPS) is 12.2. The number of carbonyl (C=O) groups is 2. The molecule has 0 spiro atoms. The highest BCUT2D eigenvalue weighted by Gasteiger charge is 2.19. The van der Waals surface area contributed by atoms with Crippen LogP contribution in [-0.2, 0) is 16.0 Å². The largest absolute Gasteiger partial charge is 0.480 e. The van der Waals surface area contributed by atoms with Gasteiger partial charge in [-0.05, 0) is 38.3 Å². The third kappa shape index (κ3) is 4.98. The van der Waals surface area contributed by atoms with Gasteiger partial charge in [-0.1, -0.05) is 0 Å². The van der Waals surface area contributed by atoms with Gasteiger partial charge >= 0.3 is 5.97 Å². The van der Waals surface area contributed by atoms with E-state index in [0.717, 1.165) is 6.42 Å². The zero-order chi connectivity index (χ0) is 14.4. The van der Waals surface area contributed by atoms with Crippen LogP contribution in [0.1, 0.15) is 28.2 Å². The Bertz CT molecular complexity index is 459. The number of aliphatic carboxylic acids is 1. The number of carbonyl (C=O) groups excluding carboxylic acids is 1. The zero-order valence-corrected chi connectivity index (χ0v) is 11.8. The van der Waals surface area contributed by atoms with E-state index < -0.39 is 24.6 Å². The standard InChI is InChI=1S/C13H18FNO3S/c1-8-6-10(9(2)19-8)4-3-5-12(16)15-11(7-14)13(17)18/h6,11H,3-5,7H2,1-2H3,(H,15,16)(H,17,18). The summed E-state index contributed by atoms with van der Waals surface area (Å²) >= 11 is 1.72. The molecule has 1 unspecified atom stereocenters. The van der Waals surface area contributed by atoms with Gasteiger partial charge in [0.05, 0.1) is 0 Å². The number of rotatable bonds is 7. The highest BCUT2D eigenvalue weighted by Crippen LogP contribution is 2.22. The Morgan fingerprint density at radius 2 is 2.16 bits per heavy atom. The molecule has 0 aliphatic carbocycles. The molecule has 0 aromatic carbocycles. The van der Waals surface area contributed by atoms with Crippen LogP contribution >= 0.6 is 11.3 Å². The van der Waals surface area contributed by atoms with Crippen LogP contribution in [0.3, 0.4) is 0 Å². The molecule has 4 nitrogen and oxygen atoms in total. The summed E-state index contributed by atoms with van der Waals surface area (Å²) in [6.07, 6.45) is 1.61. The highest BCUT2D eigenvalue weighted by molar-refractivity contribution is 7.12. The maximum Gasteiger partial charge on any atom is 0.328 e. The molecule has 6 heteroatoms. The number of alkyl halides is 1. The number of carboxylic acid groups (broad SMARTS) is 1. The highest BCUT2D eigenvalue weighted by atomic mass is 32.1. The fraction of sp³-hybridized carbons (Fsp3) is 0.538. The second kappa shape index (κ2) is 7.23. The van der Waals surface area contributed by atoms with Crippen LogP contribution in [0.15, 0.2) is 6.07 Å². The van der Waals surface area contributed by atoms with Gasteiger partial charge in [-0.15, -0.1) is 11.3 Å². The molecule has 0 bridgehead atoms. The molecule has 106 valence electrons. The van der Waals surface area contributed by atoms with E-state index in [-0.39, 0.29) is 6.42 Å². The SMILES string of the molecule is Cc1cc(CCCC(=O)NC(CF)C(=O)O)c(C)s1. The van der Waals surface area contributed by atoms with Crippen molar-refractivity contribution in [2.75, 3.05) is 6.67 Å². The van der Waals surface area contributed by atoms with Crippen LogP contribution < -0.4 is 5.32 Å². The summed E-state index contributed by atoms with van der Waals surface area (Å²) in [5.41, 5.74) is 1.22. The van der Waals surface area contributed by atoms with E-state index in [1.54, 1.807) is 11.3 Å². The number of hydrogen-bond donors (Lipinski definition) is 2. The van der Waals surface area contributed by atoms with Crippen molar-refractivity contribution in [2.24, 2.45) is 0 Å². The smallest absolute Gasteiger partial charge is 0.328 e. The van der Waals surface area contributed by atoms with Gasteiger partial charge in [0.15, 0.2) is 6.04 Å². The van der Waals surface area contributed by atoms with Gasteiger partial charge in [0.25, 0.3) is 0 Å². The number of nitrogens with one attached hydrogen (secondary N) is 1. The first kappa shape index (κ1) is 15.6. The number of halogens is 1. The lowest BCUT2D eigenvalue weighted by atomic mass is 10.1. The van der Waals surface area contributed by atoms with Crippen molar-refractivity contribution in [3.8, 4) is 0 Å². The molecule has 2 N–H and O–H groups in total. The lowest BCUT2D eigenvalue weighted by Gasteiger charge is -2.10. The van der Waals surface area contributed by atoms with Gasteiger partial charge in [0.1, 0.15) is 6.67 Å². The van der Waals surface area contributed by atoms with Gasteiger partial charge in [-0.25, -0.2) is 9.18 Å². The Hall–Kier alpha value is -1.43. The van der Waals surface area contributed by atoms with Gasteiger partial charge < -0.3 is 10.4 Å². The number of amides is 1. The van der Waals surface area contributed by atoms with E-state index in [4.69, 9.17) is 5.11 Å². The molecule has 0 saturated carbocycles. The first-order valence-corrected chi connectivity index (χ1v) is 6.89. The second-order valence-electron chi connectivity index (χ2n) is 4.40. The van der Waals surface area contributed by atoms with E-state index in [1.807, 2.05) is 13.8 Å². The summed E-state index contributed by atoms with van der Waals surface area (Å²) in [6, 6.07) is 0.664. The van der Waals surface area contributed by atoms with Crippen molar-refractivity contribution < 1.29 is 19.1 Å². The summed E-state index contributed by atoms with van der Waals surface area (Å²) in [5, 5.41) is 10.8. The van der Waals surface area contributed by atoms with Crippen LogP contribution in [0.4, 0.5) is 4.39 Å². The lowest BCUT2D eigenvalue weighted by molar-refractivity contribution is -0.142. The fourth-order valence-corrected chi connectivity index (χ4v) is 2.78. The molecule has 1 aromatic heterocycles. The monoisotopic (exact) mass is 287 g/mol. The molecule has 0 fully saturated rings. The van der Waals surface area contributed by atoms with Crippen LogP contribution in [0, 0.1) is 13.8 Å². The molecule has 1 heterocycles. The first-order chi connectivity index (χ1) is 8.93. The van der Waals surface area contributed by atoms with Crippen molar-refractivity contribution in [3.05, 3.63) is 21.4 Å². The van der Waals surface area contributed by atoms with Crippen LogP contribution in [0.2, 0.25) is 0 Å². The maximum atomic E-state index is 12.3. The molecule has 0 aliphatic heterocycles. The van der Waals surface area contributed by atoms with Gasteiger partial charge in [0, 0.05) is 16.2 Å². The number of carboxylic acids is 1. The summed E-state index contributed by atoms with van der Waals surface area (Å²) < 4.78 is 12.3. The minimum atomic E-state index is -1.43. The maximum absolute atomic E-state index is 12.3.